The van der Waals surface area contributed by atoms with Gasteiger partial charge >= 0.3 is 0 Å². The van der Waals surface area contributed by atoms with E-state index in [2.05, 4.69) is 19.2 Å². The highest BCUT2D eigenvalue weighted by atomic mass is 16.2. The zero-order chi connectivity index (χ0) is 14.6. The highest BCUT2D eigenvalue weighted by Gasteiger charge is 2.32. The van der Waals surface area contributed by atoms with Crippen LogP contribution in [0.5, 0.6) is 0 Å². The molecular formula is C14H27N3O2. The lowest BCUT2D eigenvalue weighted by atomic mass is 10.1. The first-order valence-electron chi connectivity index (χ1n) is 7.07. The van der Waals surface area contributed by atoms with E-state index in [-0.39, 0.29) is 23.9 Å². The number of nitrogens with zero attached hydrogens (tertiary/aromatic N) is 2. The molecule has 2 unspecified atom stereocenters. The molecule has 0 bridgehead atoms. The van der Waals surface area contributed by atoms with Crippen molar-refractivity contribution in [2.75, 3.05) is 27.2 Å². The van der Waals surface area contributed by atoms with Crippen molar-refractivity contribution in [1.29, 1.82) is 0 Å². The molecule has 1 heterocycles. The monoisotopic (exact) mass is 269 g/mol. The van der Waals surface area contributed by atoms with Gasteiger partial charge < -0.3 is 10.2 Å². The van der Waals surface area contributed by atoms with Crippen LogP contribution in [0.1, 0.15) is 33.6 Å². The Morgan fingerprint density at radius 1 is 1.32 bits per heavy atom. The van der Waals surface area contributed by atoms with Crippen LogP contribution in [0.3, 0.4) is 0 Å². The van der Waals surface area contributed by atoms with E-state index in [1.165, 1.54) is 0 Å². The fourth-order valence-electron chi connectivity index (χ4n) is 2.24. The molecule has 19 heavy (non-hydrogen) atoms. The largest absolute Gasteiger partial charge is 0.352 e. The van der Waals surface area contributed by atoms with Gasteiger partial charge in [-0.25, -0.2) is 0 Å². The van der Waals surface area contributed by atoms with Crippen LogP contribution >= 0.6 is 0 Å². The molecule has 0 aliphatic carbocycles. The zero-order valence-electron chi connectivity index (χ0n) is 12.8. The van der Waals surface area contributed by atoms with Crippen LogP contribution < -0.4 is 5.32 Å². The predicted molar refractivity (Wildman–Crippen MR) is 75.7 cm³/mol. The van der Waals surface area contributed by atoms with Crippen molar-refractivity contribution in [3.05, 3.63) is 0 Å². The predicted octanol–water partition coefficient (Wildman–Crippen LogP) is 0.700. The van der Waals surface area contributed by atoms with Gasteiger partial charge in [-0.2, -0.15) is 0 Å². The SMILES string of the molecule is CC(C)C(C)NC(=O)CN1CCCC1C(=O)N(C)C. The quantitative estimate of drug-likeness (QED) is 0.799. The van der Waals surface area contributed by atoms with E-state index in [0.717, 1.165) is 19.4 Å². The lowest BCUT2D eigenvalue weighted by Gasteiger charge is -2.26. The summed E-state index contributed by atoms with van der Waals surface area (Å²) in [5.74, 6) is 0.531. The molecule has 1 aliphatic heterocycles. The first-order valence-corrected chi connectivity index (χ1v) is 7.07. The Bertz CT molecular complexity index is 329. The van der Waals surface area contributed by atoms with Crippen molar-refractivity contribution in [2.24, 2.45) is 5.92 Å². The third-order valence-corrected chi connectivity index (χ3v) is 3.82. The number of amides is 2. The molecule has 1 rings (SSSR count). The number of likely N-dealkylation sites (N-methyl/N-ethyl adjacent to an activating group) is 1. The fourth-order valence-corrected chi connectivity index (χ4v) is 2.24. The van der Waals surface area contributed by atoms with Gasteiger partial charge in [-0.15, -0.1) is 0 Å². The van der Waals surface area contributed by atoms with Gasteiger partial charge in [0, 0.05) is 20.1 Å². The molecule has 0 spiro atoms. The van der Waals surface area contributed by atoms with E-state index in [1.54, 1.807) is 19.0 Å². The lowest BCUT2D eigenvalue weighted by Crippen LogP contribution is -2.48. The molecule has 0 saturated carbocycles. The first kappa shape index (κ1) is 16.0. The number of carbonyl (C=O) groups is 2. The Balaban J connectivity index is 2.51. The maximum Gasteiger partial charge on any atom is 0.239 e. The number of rotatable bonds is 5. The normalized spacial score (nSPS) is 21.5. The number of likely N-dealkylation sites (tertiary alicyclic amines) is 1. The van der Waals surface area contributed by atoms with Gasteiger partial charge in [-0.3, -0.25) is 14.5 Å². The molecule has 0 aromatic rings. The Hall–Kier alpha value is -1.10. The lowest BCUT2D eigenvalue weighted by molar-refractivity contribution is -0.134. The second-order valence-electron chi connectivity index (χ2n) is 5.96. The maximum absolute atomic E-state index is 12.0. The Kier molecular flexibility index (Phi) is 5.79. The molecular weight excluding hydrogens is 242 g/mol. The smallest absolute Gasteiger partial charge is 0.239 e. The average Bonchev–Trinajstić information content (AvgIpc) is 2.75. The van der Waals surface area contributed by atoms with E-state index < -0.39 is 0 Å². The minimum Gasteiger partial charge on any atom is -0.352 e. The molecule has 0 aromatic heterocycles. The third-order valence-electron chi connectivity index (χ3n) is 3.82. The van der Waals surface area contributed by atoms with Crippen LogP contribution in [-0.4, -0.2) is 60.9 Å². The molecule has 0 radical (unpaired) electrons. The Morgan fingerprint density at radius 2 is 1.95 bits per heavy atom. The summed E-state index contributed by atoms with van der Waals surface area (Å²) in [5.41, 5.74) is 0. The van der Waals surface area contributed by atoms with E-state index in [1.807, 2.05) is 11.8 Å². The molecule has 1 saturated heterocycles. The summed E-state index contributed by atoms with van der Waals surface area (Å²) < 4.78 is 0. The van der Waals surface area contributed by atoms with Gasteiger partial charge in [0.15, 0.2) is 0 Å². The Morgan fingerprint density at radius 3 is 2.47 bits per heavy atom. The van der Waals surface area contributed by atoms with Crippen molar-refractivity contribution >= 4 is 11.8 Å². The molecule has 1 N–H and O–H groups in total. The second kappa shape index (κ2) is 6.89. The molecule has 2 amide bonds. The minimum absolute atomic E-state index is 0.0136. The summed E-state index contributed by atoms with van der Waals surface area (Å²) in [5, 5.41) is 2.99. The molecule has 1 aliphatic rings. The fraction of sp³-hybridized carbons (Fsp3) is 0.857. The van der Waals surface area contributed by atoms with Crippen LogP contribution in [0.4, 0.5) is 0 Å². The number of nitrogens with one attached hydrogen (secondary N) is 1. The molecule has 2 atom stereocenters. The Labute approximate surface area is 116 Å². The minimum atomic E-state index is -0.130. The molecule has 1 fully saturated rings. The summed E-state index contributed by atoms with van der Waals surface area (Å²) in [6.45, 7) is 7.32. The van der Waals surface area contributed by atoms with Crippen molar-refractivity contribution in [3.8, 4) is 0 Å². The topological polar surface area (TPSA) is 52.7 Å². The molecule has 0 aromatic carbocycles. The summed E-state index contributed by atoms with van der Waals surface area (Å²) in [6, 6.07) is 0.0354. The van der Waals surface area contributed by atoms with Crippen LogP contribution in [0.2, 0.25) is 0 Å². The number of carbonyl (C=O) groups excluding carboxylic acids is 2. The van der Waals surface area contributed by atoms with Crippen molar-refractivity contribution < 1.29 is 9.59 Å². The summed E-state index contributed by atoms with van der Waals surface area (Å²) >= 11 is 0. The first-order chi connectivity index (χ1) is 8.82. The molecule has 110 valence electrons. The van der Waals surface area contributed by atoms with Gasteiger partial charge in [0.25, 0.3) is 0 Å². The van der Waals surface area contributed by atoms with Crippen molar-refractivity contribution in [2.45, 2.75) is 45.7 Å². The van der Waals surface area contributed by atoms with Gasteiger partial charge in [-0.1, -0.05) is 13.8 Å². The number of hydrogen-bond donors (Lipinski definition) is 1. The third kappa shape index (κ3) is 4.49. The number of hydrogen-bond acceptors (Lipinski definition) is 3. The van der Waals surface area contributed by atoms with Crippen LogP contribution in [-0.2, 0) is 9.59 Å². The van der Waals surface area contributed by atoms with Gasteiger partial charge in [0.05, 0.1) is 12.6 Å². The molecule has 5 heteroatoms. The zero-order valence-corrected chi connectivity index (χ0v) is 12.8. The van der Waals surface area contributed by atoms with Crippen LogP contribution in [0, 0.1) is 5.92 Å². The van der Waals surface area contributed by atoms with Gasteiger partial charge in [0.1, 0.15) is 0 Å². The van der Waals surface area contributed by atoms with Gasteiger partial charge in [-0.05, 0) is 32.2 Å². The summed E-state index contributed by atoms with van der Waals surface area (Å²) in [6.07, 6.45) is 1.83. The van der Waals surface area contributed by atoms with E-state index >= 15 is 0 Å². The van der Waals surface area contributed by atoms with Crippen molar-refractivity contribution in [1.82, 2.24) is 15.1 Å². The van der Waals surface area contributed by atoms with Gasteiger partial charge in [0.2, 0.25) is 11.8 Å². The molecule has 5 nitrogen and oxygen atoms in total. The maximum atomic E-state index is 12.0. The van der Waals surface area contributed by atoms with E-state index in [0.29, 0.717) is 12.5 Å². The van der Waals surface area contributed by atoms with E-state index in [9.17, 15) is 9.59 Å². The second-order valence-corrected chi connectivity index (χ2v) is 5.96. The van der Waals surface area contributed by atoms with Crippen LogP contribution in [0.25, 0.3) is 0 Å². The van der Waals surface area contributed by atoms with E-state index in [4.69, 9.17) is 0 Å². The highest BCUT2D eigenvalue weighted by Crippen LogP contribution is 2.18. The van der Waals surface area contributed by atoms with Crippen LogP contribution in [0.15, 0.2) is 0 Å². The highest BCUT2D eigenvalue weighted by molar-refractivity contribution is 5.83. The average molecular weight is 269 g/mol. The summed E-state index contributed by atoms with van der Waals surface area (Å²) in [4.78, 5) is 27.6. The standard InChI is InChI=1S/C14H27N3O2/c1-10(2)11(3)15-13(18)9-17-8-6-7-12(17)14(19)16(4)5/h10-12H,6-9H2,1-5H3,(H,15,18). The summed E-state index contributed by atoms with van der Waals surface area (Å²) in [7, 11) is 3.53. The van der Waals surface area contributed by atoms with Crippen molar-refractivity contribution in [3.63, 3.8) is 0 Å².